The van der Waals surface area contributed by atoms with Crippen LogP contribution >= 0.6 is 0 Å². The van der Waals surface area contributed by atoms with Crippen molar-refractivity contribution in [3.05, 3.63) is 71.8 Å². The van der Waals surface area contributed by atoms with E-state index in [-0.39, 0.29) is 11.6 Å². The monoisotopic (exact) mass is 295 g/mol. The zero-order chi connectivity index (χ0) is 15.9. The summed E-state index contributed by atoms with van der Waals surface area (Å²) >= 11 is 0. The lowest BCUT2D eigenvalue weighted by atomic mass is 9.93. The van der Waals surface area contributed by atoms with Crippen LogP contribution in [-0.2, 0) is 11.3 Å². The van der Waals surface area contributed by atoms with E-state index in [0.717, 1.165) is 0 Å². The van der Waals surface area contributed by atoms with Crippen molar-refractivity contribution in [3.63, 3.8) is 0 Å². The number of carbonyl (C=O) groups is 2. The number of benzene rings is 2. The van der Waals surface area contributed by atoms with E-state index in [9.17, 15) is 9.59 Å². The van der Waals surface area contributed by atoms with Gasteiger partial charge in [0.2, 0.25) is 0 Å². The molecule has 0 aliphatic rings. The lowest BCUT2D eigenvalue weighted by molar-refractivity contribution is -0.119. The average molecular weight is 295 g/mol. The summed E-state index contributed by atoms with van der Waals surface area (Å²) < 4.78 is 0. The van der Waals surface area contributed by atoms with Crippen LogP contribution in [0, 0.1) is 5.92 Å². The Bertz CT molecular complexity index is 622. The Morgan fingerprint density at radius 2 is 1.50 bits per heavy atom. The van der Waals surface area contributed by atoms with Crippen LogP contribution in [-0.4, -0.2) is 30.1 Å². The molecule has 0 aliphatic heterocycles. The Labute approximate surface area is 131 Å². The predicted molar refractivity (Wildman–Crippen MR) is 87.7 cm³/mol. The molecule has 0 saturated carbocycles. The molecule has 2 rings (SSSR count). The molecular formula is C19H21NO2. The summed E-state index contributed by atoms with van der Waals surface area (Å²) in [5.74, 6) is -0.808. The van der Waals surface area contributed by atoms with Gasteiger partial charge in [-0.3, -0.25) is 9.59 Å². The first-order valence-corrected chi connectivity index (χ1v) is 7.40. The molecule has 2 aromatic carbocycles. The van der Waals surface area contributed by atoms with Crippen LogP contribution < -0.4 is 0 Å². The van der Waals surface area contributed by atoms with Crippen molar-refractivity contribution in [2.24, 2.45) is 5.92 Å². The third-order valence-corrected chi connectivity index (χ3v) is 3.66. The van der Waals surface area contributed by atoms with Gasteiger partial charge in [0, 0.05) is 18.7 Å². The van der Waals surface area contributed by atoms with Crippen LogP contribution in [0.3, 0.4) is 0 Å². The third kappa shape index (κ3) is 4.37. The van der Waals surface area contributed by atoms with Crippen LogP contribution in [0.4, 0.5) is 0 Å². The first kappa shape index (κ1) is 16.1. The number of ketones is 2. The van der Waals surface area contributed by atoms with Crippen molar-refractivity contribution >= 4 is 11.6 Å². The predicted octanol–water partition coefficient (Wildman–Crippen LogP) is 3.21. The van der Waals surface area contributed by atoms with Gasteiger partial charge in [-0.1, -0.05) is 60.7 Å². The zero-order valence-corrected chi connectivity index (χ0v) is 13.0. The van der Waals surface area contributed by atoms with E-state index in [2.05, 4.69) is 0 Å². The molecule has 0 bridgehead atoms. The van der Waals surface area contributed by atoms with Crippen LogP contribution in [0.2, 0.25) is 0 Å². The van der Waals surface area contributed by atoms with Crippen molar-refractivity contribution < 1.29 is 9.59 Å². The number of hydrogen-bond donors (Lipinski definition) is 0. The number of rotatable bonds is 7. The summed E-state index contributed by atoms with van der Waals surface area (Å²) in [6.45, 7) is 2.63. The third-order valence-electron chi connectivity index (χ3n) is 3.66. The van der Waals surface area contributed by atoms with Crippen molar-refractivity contribution in [1.82, 2.24) is 4.90 Å². The fourth-order valence-corrected chi connectivity index (χ4v) is 2.47. The average Bonchev–Trinajstić information content (AvgIpc) is 2.53. The van der Waals surface area contributed by atoms with Gasteiger partial charge in [-0.05, 0) is 19.5 Å². The van der Waals surface area contributed by atoms with Crippen LogP contribution in [0.1, 0.15) is 22.8 Å². The molecule has 2 aromatic rings. The summed E-state index contributed by atoms with van der Waals surface area (Å²) in [4.78, 5) is 26.4. The summed E-state index contributed by atoms with van der Waals surface area (Å²) in [7, 11) is 1.93. The Morgan fingerprint density at radius 1 is 0.955 bits per heavy atom. The maximum atomic E-state index is 12.5. The van der Waals surface area contributed by atoms with E-state index in [1.54, 1.807) is 12.1 Å². The Kier molecular flexibility index (Phi) is 5.61. The maximum Gasteiger partial charge on any atom is 0.174 e. The summed E-state index contributed by atoms with van der Waals surface area (Å²) in [5, 5.41) is 0. The van der Waals surface area contributed by atoms with E-state index in [1.807, 2.05) is 60.5 Å². The molecule has 0 spiro atoms. The fourth-order valence-electron chi connectivity index (χ4n) is 2.47. The highest BCUT2D eigenvalue weighted by atomic mass is 16.1. The highest BCUT2D eigenvalue weighted by Gasteiger charge is 2.25. The molecule has 114 valence electrons. The van der Waals surface area contributed by atoms with E-state index in [4.69, 9.17) is 0 Å². The standard InChI is InChI=1S/C19H21NO2/c1-15(21)18(19(22)17-11-7-4-8-12-17)14-20(2)13-16-9-5-3-6-10-16/h3-12,18H,13-14H2,1-2H3. The second-order valence-corrected chi connectivity index (χ2v) is 5.58. The molecule has 22 heavy (non-hydrogen) atoms. The van der Waals surface area contributed by atoms with E-state index >= 15 is 0 Å². The molecule has 1 atom stereocenters. The highest BCUT2D eigenvalue weighted by molar-refractivity contribution is 6.10. The van der Waals surface area contributed by atoms with Gasteiger partial charge >= 0.3 is 0 Å². The van der Waals surface area contributed by atoms with Gasteiger partial charge in [0.05, 0.1) is 5.92 Å². The van der Waals surface area contributed by atoms with Crippen molar-refractivity contribution in [3.8, 4) is 0 Å². The normalized spacial score (nSPS) is 12.1. The summed E-state index contributed by atoms with van der Waals surface area (Å²) in [6, 6.07) is 19.0. The minimum absolute atomic E-state index is 0.0891. The molecule has 3 heteroatoms. The van der Waals surface area contributed by atoms with Crippen LogP contribution in [0.5, 0.6) is 0 Å². The van der Waals surface area contributed by atoms with Gasteiger partial charge in [0.15, 0.2) is 5.78 Å². The second-order valence-electron chi connectivity index (χ2n) is 5.58. The lowest BCUT2D eigenvalue weighted by Crippen LogP contribution is -2.34. The zero-order valence-electron chi connectivity index (χ0n) is 13.0. The lowest BCUT2D eigenvalue weighted by Gasteiger charge is -2.21. The summed E-state index contributed by atoms with van der Waals surface area (Å²) in [6.07, 6.45) is 0. The van der Waals surface area contributed by atoms with Gasteiger partial charge in [0.1, 0.15) is 5.78 Å². The largest absolute Gasteiger partial charge is 0.301 e. The molecule has 0 amide bonds. The van der Waals surface area contributed by atoms with Crippen LogP contribution in [0.25, 0.3) is 0 Å². The van der Waals surface area contributed by atoms with E-state index < -0.39 is 5.92 Å². The molecule has 1 unspecified atom stereocenters. The molecular weight excluding hydrogens is 274 g/mol. The number of hydrogen-bond acceptors (Lipinski definition) is 3. The number of Topliss-reactive ketones (excluding diaryl/α,β-unsaturated/α-hetero) is 2. The molecule has 0 aliphatic carbocycles. The highest BCUT2D eigenvalue weighted by Crippen LogP contribution is 2.13. The smallest absolute Gasteiger partial charge is 0.174 e. The Balaban J connectivity index is 2.06. The molecule has 0 fully saturated rings. The van der Waals surface area contributed by atoms with E-state index in [0.29, 0.717) is 18.7 Å². The van der Waals surface area contributed by atoms with Gasteiger partial charge in [-0.25, -0.2) is 0 Å². The molecule has 0 saturated heterocycles. The Morgan fingerprint density at radius 3 is 2.05 bits per heavy atom. The second kappa shape index (κ2) is 7.66. The van der Waals surface area contributed by atoms with Gasteiger partial charge in [0.25, 0.3) is 0 Å². The molecule has 0 N–H and O–H groups in total. The first-order chi connectivity index (χ1) is 10.6. The fraction of sp³-hybridized carbons (Fsp3) is 0.263. The Hall–Kier alpha value is -2.26. The summed E-state index contributed by atoms with van der Waals surface area (Å²) in [5.41, 5.74) is 1.76. The topological polar surface area (TPSA) is 37.4 Å². The first-order valence-electron chi connectivity index (χ1n) is 7.40. The quantitative estimate of drug-likeness (QED) is 0.581. The SMILES string of the molecule is CC(=O)C(CN(C)Cc1ccccc1)C(=O)c1ccccc1. The molecule has 0 aromatic heterocycles. The number of carbonyl (C=O) groups excluding carboxylic acids is 2. The van der Waals surface area contributed by atoms with Crippen molar-refractivity contribution in [2.75, 3.05) is 13.6 Å². The molecule has 3 nitrogen and oxygen atoms in total. The minimum Gasteiger partial charge on any atom is -0.301 e. The van der Waals surface area contributed by atoms with E-state index in [1.165, 1.54) is 12.5 Å². The van der Waals surface area contributed by atoms with Gasteiger partial charge in [-0.15, -0.1) is 0 Å². The maximum absolute atomic E-state index is 12.5. The molecule has 0 heterocycles. The molecule has 0 radical (unpaired) electrons. The van der Waals surface area contributed by atoms with Gasteiger partial charge in [-0.2, -0.15) is 0 Å². The van der Waals surface area contributed by atoms with Crippen LogP contribution in [0.15, 0.2) is 60.7 Å². The van der Waals surface area contributed by atoms with Crippen molar-refractivity contribution in [2.45, 2.75) is 13.5 Å². The van der Waals surface area contributed by atoms with Gasteiger partial charge < -0.3 is 4.90 Å². The minimum atomic E-state index is -0.615. The van der Waals surface area contributed by atoms with Crippen molar-refractivity contribution in [1.29, 1.82) is 0 Å². The number of nitrogens with zero attached hydrogens (tertiary/aromatic N) is 1.